The van der Waals surface area contributed by atoms with Crippen LogP contribution in [0.1, 0.15) is 59.3 Å². The Morgan fingerprint density at radius 3 is 2.64 bits per heavy atom. The molecule has 6 atom stereocenters. The lowest BCUT2D eigenvalue weighted by Crippen LogP contribution is -2.56. The summed E-state index contributed by atoms with van der Waals surface area (Å²) >= 11 is 0. The van der Waals surface area contributed by atoms with Crippen molar-refractivity contribution in [1.29, 1.82) is 0 Å². The van der Waals surface area contributed by atoms with E-state index in [1.165, 1.54) is 12.8 Å². The van der Waals surface area contributed by atoms with Gasteiger partial charge in [0.2, 0.25) is 0 Å². The van der Waals surface area contributed by atoms with Crippen LogP contribution in [0.2, 0.25) is 0 Å². The number of aliphatic hydroxyl groups excluding tert-OH is 2. The average molecular weight is 304 g/mol. The van der Waals surface area contributed by atoms with E-state index in [9.17, 15) is 10.2 Å². The van der Waals surface area contributed by atoms with Crippen LogP contribution in [0.3, 0.4) is 0 Å². The van der Waals surface area contributed by atoms with Gasteiger partial charge >= 0.3 is 0 Å². The molecule has 0 aromatic carbocycles. The van der Waals surface area contributed by atoms with E-state index in [-0.39, 0.29) is 29.0 Å². The standard InChI is InChI=1S/C20H32O2/c1-5-18(2)10-8-15-14(12-18)6-7-16-19(15,3)11-9-17(22)20(16,4)13-21/h5,8,14,16-17,21-22H,1,6-7,9-13H2,2-4H3/t14-,16+,17-,18-,19+,20+/m0/s1. The van der Waals surface area contributed by atoms with Gasteiger partial charge in [0.1, 0.15) is 0 Å². The SMILES string of the molecule is C=C[C@@]1(C)CC=C2[C@@H](CC[C@H]3[C@@](C)(CO)[C@@H](O)CC[C@]23C)C1. The van der Waals surface area contributed by atoms with Gasteiger partial charge in [-0.15, -0.1) is 6.58 Å². The van der Waals surface area contributed by atoms with Crippen molar-refractivity contribution in [2.75, 3.05) is 6.61 Å². The molecule has 2 nitrogen and oxygen atoms in total. The molecule has 0 bridgehead atoms. The van der Waals surface area contributed by atoms with E-state index in [0.29, 0.717) is 11.8 Å². The fourth-order valence-corrected chi connectivity index (χ4v) is 5.87. The van der Waals surface area contributed by atoms with Crippen LogP contribution in [0.4, 0.5) is 0 Å². The summed E-state index contributed by atoms with van der Waals surface area (Å²) < 4.78 is 0. The molecular formula is C20H32O2. The minimum Gasteiger partial charge on any atom is -0.396 e. The van der Waals surface area contributed by atoms with Crippen LogP contribution in [0.5, 0.6) is 0 Å². The number of aliphatic hydroxyl groups is 2. The van der Waals surface area contributed by atoms with E-state index < -0.39 is 0 Å². The van der Waals surface area contributed by atoms with Gasteiger partial charge in [-0.3, -0.25) is 0 Å². The first-order chi connectivity index (χ1) is 10.3. The Hall–Kier alpha value is -0.600. The van der Waals surface area contributed by atoms with E-state index in [4.69, 9.17) is 0 Å². The molecule has 0 aliphatic heterocycles. The van der Waals surface area contributed by atoms with E-state index in [1.54, 1.807) is 5.57 Å². The Kier molecular flexibility index (Phi) is 3.85. The summed E-state index contributed by atoms with van der Waals surface area (Å²) in [5.41, 5.74) is 1.67. The smallest absolute Gasteiger partial charge is 0.0619 e. The fourth-order valence-electron chi connectivity index (χ4n) is 5.87. The number of fused-ring (bicyclic) bond motifs is 3. The maximum Gasteiger partial charge on any atom is 0.0619 e. The van der Waals surface area contributed by atoms with Crippen molar-refractivity contribution >= 4 is 0 Å². The van der Waals surface area contributed by atoms with Crippen LogP contribution < -0.4 is 0 Å². The van der Waals surface area contributed by atoms with E-state index in [0.717, 1.165) is 25.7 Å². The molecule has 0 spiro atoms. The highest BCUT2D eigenvalue weighted by molar-refractivity contribution is 5.29. The summed E-state index contributed by atoms with van der Waals surface area (Å²) in [6.45, 7) is 11.0. The Labute approximate surface area is 135 Å². The van der Waals surface area contributed by atoms with Gasteiger partial charge in [-0.2, -0.15) is 0 Å². The van der Waals surface area contributed by atoms with E-state index >= 15 is 0 Å². The Morgan fingerprint density at radius 2 is 2.00 bits per heavy atom. The molecule has 2 heteroatoms. The first-order valence-electron chi connectivity index (χ1n) is 8.92. The van der Waals surface area contributed by atoms with Crippen molar-refractivity contribution in [2.24, 2.45) is 28.1 Å². The van der Waals surface area contributed by atoms with Crippen molar-refractivity contribution in [3.8, 4) is 0 Å². The predicted molar refractivity (Wildman–Crippen MR) is 90.4 cm³/mol. The molecule has 22 heavy (non-hydrogen) atoms. The van der Waals surface area contributed by atoms with Gasteiger partial charge in [-0.1, -0.05) is 38.5 Å². The second-order valence-corrected chi connectivity index (χ2v) is 8.89. The Morgan fingerprint density at radius 1 is 1.27 bits per heavy atom. The number of hydrogen-bond donors (Lipinski definition) is 2. The molecule has 3 rings (SSSR count). The molecule has 2 saturated carbocycles. The zero-order valence-electron chi connectivity index (χ0n) is 14.4. The lowest BCUT2D eigenvalue weighted by molar-refractivity contribution is -0.132. The van der Waals surface area contributed by atoms with Gasteiger partial charge in [0, 0.05) is 5.41 Å². The quantitative estimate of drug-likeness (QED) is 0.755. The molecule has 124 valence electrons. The second-order valence-electron chi connectivity index (χ2n) is 8.89. The fraction of sp³-hybridized carbons (Fsp3) is 0.800. The topological polar surface area (TPSA) is 40.5 Å². The lowest BCUT2D eigenvalue weighted by atomic mass is 9.45. The summed E-state index contributed by atoms with van der Waals surface area (Å²) in [5.74, 6) is 1.06. The number of allylic oxidation sites excluding steroid dienone is 3. The van der Waals surface area contributed by atoms with Crippen LogP contribution in [-0.4, -0.2) is 22.9 Å². The first kappa shape index (κ1) is 16.3. The minimum absolute atomic E-state index is 0.0940. The van der Waals surface area contributed by atoms with Gasteiger partial charge in [0.25, 0.3) is 0 Å². The largest absolute Gasteiger partial charge is 0.396 e. The first-order valence-corrected chi connectivity index (χ1v) is 8.92. The minimum atomic E-state index is -0.366. The van der Waals surface area contributed by atoms with Gasteiger partial charge in [-0.25, -0.2) is 0 Å². The summed E-state index contributed by atoms with van der Waals surface area (Å²) in [6.07, 6.45) is 10.7. The zero-order chi connectivity index (χ0) is 16.2. The van der Waals surface area contributed by atoms with E-state index in [1.807, 2.05) is 0 Å². The Balaban J connectivity index is 1.98. The maximum absolute atomic E-state index is 10.5. The molecule has 2 N–H and O–H groups in total. The van der Waals surface area contributed by atoms with Crippen molar-refractivity contribution < 1.29 is 10.2 Å². The van der Waals surface area contributed by atoms with Crippen molar-refractivity contribution in [3.05, 3.63) is 24.3 Å². The van der Waals surface area contributed by atoms with Crippen LogP contribution in [0.25, 0.3) is 0 Å². The third kappa shape index (κ3) is 2.14. The second kappa shape index (κ2) is 5.21. The highest BCUT2D eigenvalue weighted by Crippen LogP contribution is 2.63. The summed E-state index contributed by atoms with van der Waals surface area (Å²) in [5, 5.41) is 20.5. The number of hydrogen-bond acceptors (Lipinski definition) is 2. The van der Waals surface area contributed by atoms with E-state index in [2.05, 4.69) is 39.5 Å². The number of rotatable bonds is 2. The zero-order valence-corrected chi connectivity index (χ0v) is 14.4. The highest BCUT2D eigenvalue weighted by atomic mass is 16.3. The molecule has 0 amide bonds. The van der Waals surface area contributed by atoms with Gasteiger partial charge in [0.05, 0.1) is 12.7 Å². The van der Waals surface area contributed by atoms with Crippen LogP contribution >= 0.6 is 0 Å². The molecular weight excluding hydrogens is 272 g/mol. The van der Waals surface area contributed by atoms with Crippen LogP contribution in [0.15, 0.2) is 24.3 Å². The van der Waals surface area contributed by atoms with Crippen molar-refractivity contribution in [1.82, 2.24) is 0 Å². The highest BCUT2D eigenvalue weighted by Gasteiger charge is 2.57. The van der Waals surface area contributed by atoms with Gasteiger partial charge < -0.3 is 10.2 Å². The molecule has 3 aliphatic rings. The molecule has 0 unspecified atom stereocenters. The third-order valence-electron chi connectivity index (χ3n) is 7.50. The van der Waals surface area contributed by atoms with Crippen LogP contribution in [0, 0.1) is 28.1 Å². The molecule has 3 aliphatic carbocycles. The monoisotopic (exact) mass is 304 g/mol. The van der Waals surface area contributed by atoms with Crippen LogP contribution in [-0.2, 0) is 0 Å². The van der Waals surface area contributed by atoms with Crippen molar-refractivity contribution in [3.63, 3.8) is 0 Å². The molecule has 2 fully saturated rings. The lowest BCUT2D eigenvalue weighted by Gasteiger charge is -2.60. The summed E-state index contributed by atoms with van der Waals surface area (Å²) in [7, 11) is 0. The maximum atomic E-state index is 10.5. The van der Waals surface area contributed by atoms with Gasteiger partial charge in [-0.05, 0) is 61.2 Å². The third-order valence-corrected chi connectivity index (χ3v) is 7.50. The molecule has 0 radical (unpaired) electrons. The summed E-state index contributed by atoms with van der Waals surface area (Å²) in [6, 6.07) is 0. The van der Waals surface area contributed by atoms with Gasteiger partial charge in [0.15, 0.2) is 0 Å². The molecule has 0 aromatic heterocycles. The Bertz CT molecular complexity index is 496. The summed E-state index contributed by atoms with van der Waals surface area (Å²) in [4.78, 5) is 0. The molecule has 0 saturated heterocycles. The molecule has 0 aromatic rings. The molecule has 0 heterocycles. The predicted octanol–water partition coefficient (Wildman–Crippen LogP) is 4.08. The van der Waals surface area contributed by atoms with Crippen molar-refractivity contribution in [2.45, 2.75) is 65.4 Å². The normalized spacial score (nSPS) is 51.5. The average Bonchev–Trinajstić information content (AvgIpc) is 2.51.